The van der Waals surface area contributed by atoms with Gasteiger partial charge in [0.1, 0.15) is 6.54 Å². The molecule has 0 bridgehead atoms. The van der Waals surface area contributed by atoms with Crippen molar-refractivity contribution < 1.29 is 14.5 Å². The number of benzene rings is 2. The normalized spacial score (nSPS) is 15.2. The molecule has 28 heavy (non-hydrogen) atoms. The van der Waals surface area contributed by atoms with Gasteiger partial charge in [-0.2, -0.15) is 0 Å². The molecular weight excluding hydrogens is 350 g/mol. The molecule has 1 fully saturated rings. The van der Waals surface area contributed by atoms with Crippen LogP contribution in [0, 0.1) is 0 Å². The lowest BCUT2D eigenvalue weighted by Gasteiger charge is -2.18. The Balaban J connectivity index is 1.50. The summed E-state index contributed by atoms with van der Waals surface area (Å²) in [6.07, 6.45) is 2.89. The van der Waals surface area contributed by atoms with Crippen LogP contribution in [0.25, 0.3) is 0 Å². The van der Waals surface area contributed by atoms with Crippen LogP contribution in [-0.4, -0.2) is 24.9 Å². The molecule has 5 nitrogen and oxygen atoms in total. The van der Waals surface area contributed by atoms with Gasteiger partial charge in [0, 0.05) is 31.9 Å². The van der Waals surface area contributed by atoms with Gasteiger partial charge < -0.3 is 15.5 Å². The van der Waals surface area contributed by atoms with E-state index in [1.165, 1.54) is 38.4 Å². The Labute approximate surface area is 167 Å². The quantitative estimate of drug-likeness (QED) is 0.653. The number of hydrogen-bond donors (Lipinski definition) is 3. The molecule has 0 aromatic heterocycles. The fraction of sp³-hybridized carbons (Fsp3) is 0.391. The molecule has 0 unspecified atom stereocenters. The van der Waals surface area contributed by atoms with Crippen molar-refractivity contribution in [2.75, 3.05) is 13.1 Å². The Morgan fingerprint density at radius 2 is 1.61 bits per heavy atom. The standard InChI is InChI=1S/C23H29N3O2/c1-18(27)25-22(21-7-3-2-4-8-21)15-23(28)24-16-19-9-11-20(12-10-19)17-26-13-5-6-14-26/h2-4,7-12,22H,5-6,13-17H2,1H3,(H,24,28)(H,25,27)/p+1/t22-/m1/s1. The summed E-state index contributed by atoms with van der Waals surface area (Å²) in [5.74, 6) is -0.217. The van der Waals surface area contributed by atoms with Crippen molar-refractivity contribution in [2.45, 2.75) is 45.3 Å². The van der Waals surface area contributed by atoms with Crippen LogP contribution in [0.5, 0.6) is 0 Å². The van der Waals surface area contributed by atoms with Crippen molar-refractivity contribution in [1.29, 1.82) is 0 Å². The maximum Gasteiger partial charge on any atom is 0.222 e. The molecule has 0 aliphatic carbocycles. The Morgan fingerprint density at radius 1 is 0.964 bits per heavy atom. The summed E-state index contributed by atoms with van der Waals surface area (Å²) in [5.41, 5.74) is 3.37. The zero-order chi connectivity index (χ0) is 19.8. The van der Waals surface area contributed by atoms with E-state index >= 15 is 0 Å². The maximum absolute atomic E-state index is 12.4. The number of quaternary nitrogens is 1. The van der Waals surface area contributed by atoms with E-state index in [1.807, 2.05) is 30.3 Å². The van der Waals surface area contributed by atoms with Crippen LogP contribution in [0.4, 0.5) is 0 Å². The predicted octanol–water partition coefficient (Wildman–Crippen LogP) is 1.75. The molecule has 1 heterocycles. The molecule has 2 aromatic rings. The highest BCUT2D eigenvalue weighted by molar-refractivity contribution is 5.79. The SMILES string of the molecule is CC(=O)N[C@H](CC(=O)NCc1ccc(C[NH+]2CCCC2)cc1)c1ccccc1. The fourth-order valence-corrected chi connectivity index (χ4v) is 3.76. The van der Waals surface area contributed by atoms with Gasteiger partial charge in [-0.15, -0.1) is 0 Å². The first kappa shape index (κ1) is 20.1. The third-order valence-corrected chi connectivity index (χ3v) is 5.25. The van der Waals surface area contributed by atoms with E-state index in [0.29, 0.717) is 6.54 Å². The predicted molar refractivity (Wildman–Crippen MR) is 110 cm³/mol. The van der Waals surface area contributed by atoms with Crippen molar-refractivity contribution in [3.63, 3.8) is 0 Å². The van der Waals surface area contributed by atoms with Crippen molar-refractivity contribution in [1.82, 2.24) is 10.6 Å². The molecule has 3 N–H and O–H groups in total. The molecule has 3 rings (SSSR count). The van der Waals surface area contributed by atoms with E-state index in [9.17, 15) is 9.59 Å². The summed E-state index contributed by atoms with van der Waals surface area (Å²) in [6.45, 7) is 5.60. The number of carbonyl (C=O) groups excluding carboxylic acids is 2. The summed E-state index contributed by atoms with van der Waals surface area (Å²) in [7, 11) is 0. The highest BCUT2D eigenvalue weighted by atomic mass is 16.2. The molecule has 148 valence electrons. The number of rotatable bonds is 8. The molecule has 1 saturated heterocycles. The van der Waals surface area contributed by atoms with Crippen LogP contribution in [-0.2, 0) is 22.7 Å². The lowest BCUT2D eigenvalue weighted by Crippen LogP contribution is -3.08. The van der Waals surface area contributed by atoms with Crippen molar-refractivity contribution in [3.8, 4) is 0 Å². The van der Waals surface area contributed by atoms with Crippen molar-refractivity contribution in [3.05, 3.63) is 71.3 Å². The summed E-state index contributed by atoms with van der Waals surface area (Å²) < 4.78 is 0. The summed E-state index contributed by atoms with van der Waals surface area (Å²) in [6, 6.07) is 17.8. The van der Waals surface area contributed by atoms with Gasteiger partial charge in [0.2, 0.25) is 11.8 Å². The Kier molecular flexibility index (Phi) is 7.20. The van der Waals surface area contributed by atoms with Gasteiger partial charge in [-0.05, 0) is 11.1 Å². The molecule has 1 aliphatic rings. The fourth-order valence-electron chi connectivity index (χ4n) is 3.76. The lowest BCUT2D eigenvalue weighted by molar-refractivity contribution is -0.901. The van der Waals surface area contributed by atoms with Crippen LogP contribution >= 0.6 is 0 Å². The second kappa shape index (κ2) is 10.0. The number of hydrogen-bond acceptors (Lipinski definition) is 2. The van der Waals surface area contributed by atoms with Gasteiger partial charge in [0.15, 0.2) is 0 Å². The van der Waals surface area contributed by atoms with Gasteiger partial charge >= 0.3 is 0 Å². The Bertz CT molecular complexity index is 768. The molecule has 0 radical (unpaired) electrons. The number of nitrogens with one attached hydrogen (secondary N) is 3. The highest BCUT2D eigenvalue weighted by Crippen LogP contribution is 2.16. The summed E-state index contributed by atoms with van der Waals surface area (Å²) in [4.78, 5) is 25.6. The van der Waals surface area contributed by atoms with Crippen LogP contribution in [0.1, 0.15) is 48.9 Å². The number of carbonyl (C=O) groups is 2. The number of likely N-dealkylation sites (tertiary alicyclic amines) is 1. The minimum Gasteiger partial charge on any atom is -0.352 e. The third kappa shape index (κ3) is 6.20. The van der Waals surface area contributed by atoms with Crippen molar-refractivity contribution >= 4 is 11.8 Å². The molecule has 2 amide bonds. The van der Waals surface area contributed by atoms with Gasteiger partial charge in [-0.1, -0.05) is 54.6 Å². The lowest BCUT2D eigenvalue weighted by atomic mass is 10.0. The second-order valence-electron chi connectivity index (χ2n) is 7.60. The van der Waals surface area contributed by atoms with E-state index < -0.39 is 0 Å². The molecular formula is C23H30N3O2+. The Morgan fingerprint density at radius 3 is 2.25 bits per heavy atom. The monoisotopic (exact) mass is 380 g/mol. The summed E-state index contributed by atoms with van der Waals surface area (Å²) >= 11 is 0. The van der Waals surface area contributed by atoms with Gasteiger partial charge in [-0.25, -0.2) is 0 Å². The molecule has 0 saturated carbocycles. The van der Waals surface area contributed by atoms with Gasteiger partial charge in [0.05, 0.1) is 25.6 Å². The van der Waals surface area contributed by atoms with Crippen LogP contribution in [0.15, 0.2) is 54.6 Å². The highest BCUT2D eigenvalue weighted by Gasteiger charge is 2.17. The average molecular weight is 381 g/mol. The number of amides is 2. The zero-order valence-corrected chi connectivity index (χ0v) is 16.5. The minimum absolute atomic E-state index is 0.0757. The van der Waals surface area contributed by atoms with Crippen LogP contribution in [0.2, 0.25) is 0 Å². The van der Waals surface area contributed by atoms with E-state index in [1.54, 1.807) is 4.90 Å². The third-order valence-electron chi connectivity index (χ3n) is 5.25. The molecule has 1 aliphatic heterocycles. The minimum atomic E-state index is -0.315. The smallest absolute Gasteiger partial charge is 0.222 e. The molecule has 0 spiro atoms. The maximum atomic E-state index is 12.4. The largest absolute Gasteiger partial charge is 0.352 e. The zero-order valence-electron chi connectivity index (χ0n) is 16.5. The first-order valence-corrected chi connectivity index (χ1v) is 10.1. The first-order valence-electron chi connectivity index (χ1n) is 10.1. The van der Waals surface area contributed by atoms with E-state index in [2.05, 4.69) is 34.9 Å². The topological polar surface area (TPSA) is 62.6 Å². The average Bonchev–Trinajstić information content (AvgIpc) is 3.20. The van der Waals surface area contributed by atoms with Crippen LogP contribution in [0.3, 0.4) is 0 Å². The summed E-state index contributed by atoms with van der Waals surface area (Å²) in [5, 5.41) is 5.83. The van der Waals surface area contributed by atoms with E-state index in [4.69, 9.17) is 0 Å². The van der Waals surface area contributed by atoms with Crippen molar-refractivity contribution in [2.24, 2.45) is 0 Å². The van der Waals surface area contributed by atoms with E-state index in [-0.39, 0.29) is 24.3 Å². The first-order chi connectivity index (χ1) is 13.6. The van der Waals surface area contributed by atoms with Gasteiger partial charge in [-0.3, -0.25) is 9.59 Å². The molecule has 1 atom stereocenters. The van der Waals surface area contributed by atoms with Crippen LogP contribution < -0.4 is 15.5 Å². The second-order valence-corrected chi connectivity index (χ2v) is 7.60. The molecule has 5 heteroatoms. The Hall–Kier alpha value is -2.66. The molecule has 2 aromatic carbocycles. The van der Waals surface area contributed by atoms with Gasteiger partial charge in [0.25, 0.3) is 0 Å². The van der Waals surface area contributed by atoms with E-state index in [0.717, 1.165) is 17.7 Å².